The first kappa shape index (κ1) is 17.2. The second-order valence-electron chi connectivity index (χ2n) is 5.05. The van der Waals surface area contributed by atoms with Gasteiger partial charge in [0.1, 0.15) is 6.54 Å². The molecule has 0 unspecified atom stereocenters. The summed E-state index contributed by atoms with van der Waals surface area (Å²) in [5.74, 6) is -0.938. The number of esters is 1. The molecule has 2 rings (SSSR count). The third-order valence-corrected chi connectivity index (χ3v) is 3.35. The number of hydrogen-bond acceptors (Lipinski definition) is 5. The first-order chi connectivity index (χ1) is 11.5. The van der Waals surface area contributed by atoms with Gasteiger partial charge in [-0.3, -0.25) is 23.9 Å². The van der Waals surface area contributed by atoms with Gasteiger partial charge in [-0.25, -0.2) is 4.79 Å². The van der Waals surface area contributed by atoms with Gasteiger partial charge in [-0.15, -0.1) is 0 Å². The fourth-order valence-corrected chi connectivity index (χ4v) is 2.15. The number of aromatic amines is 1. The Morgan fingerprint density at radius 2 is 1.92 bits per heavy atom. The van der Waals surface area contributed by atoms with Crippen molar-refractivity contribution in [2.75, 3.05) is 7.11 Å². The number of hydrogen-bond donors (Lipinski definition) is 2. The molecule has 8 nitrogen and oxygen atoms in total. The van der Waals surface area contributed by atoms with Crippen molar-refractivity contribution in [3.05, 3.63) is 69.0 Å². The molecule has 1 aromatic heterocycles. The molecule has 2 aromatic rings. The number of nitrogens with zero attached hydrogens (tertiary/aromatic N) is 1. The molecule has 2 N–H and O–H groups in total. The van der Waals surface area contributed by atoms with Crippen LogP contribution in [0.2, 0.25) is 0 Å². The lowest BCUT2D eigenvalue weighted by atomic mass is 10.0. The van der Waals surface area contributed by atoms with E-state index in [2.05, 4.69) is 15.0 Å². The Labute approximate surface area is 137 Å². The average Bonchev–Trinajstić information content (AvgIpc) is 2.57. The predicted molar refractivity (Wildman–Crippen MR) is 85.3 cm³/mol. The predicted octanol–water partition coefficient (Wildman–Crippen LogP) is -0.0428. The molecule has 1 amide bonds. The van der Waals surface area contributed by atoms with Crippen molar-refractivity contribution in [2.24, 2.45) is 0 Å². The summed E-state index contributed by atoms with van der Waals surface area (Å²) in [4.78, 5) is 48.4. The standard InChI is InChI=1S/C16H17N3O5/c1-24-15(22)9-12(11-5-3-2-4-6-11)17-14(21)10-19-8-7-13(20)18-16(19)23/h2-8,12H,9-10H2,1H3,(H,17,21)(H,18,20,23)/t12-/m0/s1. The second-order valence-corrected chi connectivity index (χ2v) is 5.05. The van der Waals surface area contributed by atoms with E-state index in [0.717, 1.165) is 16.2 Å². The van der Waals surface area contributed by atoms with E-state index in [1.54, 1.807) is 24.3 Å². The molecular formula is C16H17N3O5. The van der Waals surface area contributed by atoms with Gasteiger partial charge < -0.3 is 10.1 Å². The van der Waals surface area contributed by atoms with Gasteiger partial charge in [-0.05, 0) is 5.56 Å². The van der Waals surface area contributed by atoms with Crippen molar-refractivity contribution < 1.29 is 14.3 Å². The van der Waals surface area contributed by atoms with E-state index in [4.69, 9.17) is 0 Å². The molecule has 1 atom stereocenters. The van der Waals surface area contributed by atoms with Crippen molar-refractivity contribution in [1.29, 1.82) is 0 Å². The Hall–Kier alpha value is -3.16. The summed E-state index contributed by atoms with van der Waals surface area (Å²) in [7, 11) is 1.27. The van der Waals surface area contributed by atoms with Crippen molar-refractivity contribution >= 4 is 11.9 Å². The summed E-state index contributed by atoms with van der Waals surface area (Å²) in [5.41, 5.74) is -0.476. The van der Waals surface area contributed by atoms with Gasteiger partial charge in [0.15, 0.2) is 0 Å². The fraction of sp³-hybridized carbons (Fsp3) is 0.250. The van der Waals surface area contributed by atoms with Gasteiger partial charge in [-0.2, -0.15) is 0 Å². The highest BCUT2D eigenvalue weighted by atomic mass is 16.5. The van der Waals surface area contributed by atoms with Crippen LogP contribution in [0.25, 0.3) is 0 Å². The van der Waals surface area contributed by atoms with E-state index in [0.29, 0.717) is 0 Å². The monoisotopic (exact) mass is 331 g/mol. The minimum absolute atomic E-state index is 0.0349. The van der Waals surface area contributed by atoms with Crippen LogP contribution in [0.5, 0.6) is 0 Å². The Kier molecular flexibility index (Phi) is 5.67. The molecule has 0 spiro atoms. The van der Waals surface area contributed by atoms with Crippen molar-refractivity contribution in [3.63, 3.8) is 0 Å². The van der Waals surface area contributed by atoms with Gasteiger partial charge in [-0.1, -0.05) is 30.3 Å². The highest BCUT2D eigenvalue weighted by molar-refractivity contribution is 5.78. The Morgan fingerprint density at radius 3 is 2.54 bits per heavy atom. The van der Waals surface area contributed by atoms with Crippen LogP contribution in [0.15, 0.2) is 52.2 Å². The molecule has 8 heteroatoms. The van der Waals surface area contributed by atoms with Gasteiger partial charge in [0, 0.05) is 12.3 Å². The summed E-state index contributed by atoms with van der Waals surface area (Å²) in [5, 5.41) is 2.70. The molecule has 1 aromatic carbocycles. The number of nitrogens with one attached hydrogen (secondary N) is 2. The normalized spacial score (nSPS) is 11.5. The minimum atomic E-state index is -0.679. The Morgan fingerprint density at radius 1 is 1.21 bits per heavy atom. The molecule has 0 aliphatic heterocycles. The number of carbonyl (C=O) groups is 2. The van der Waals surface area contributed by atoms with Crippen LogP contribution in [0.1, 0.15) is 18.0 Å². The average molecular weight is 331 g/mol. The number of aromatic nitrogens is 2. The number of benzene rings is 1. The summed E-state index contributed by atoms with van der Waals surface area (Å²) >= 11 is 0. The zero-order valence-corrected chi connectivity index (χ0v) is 13.0. The second kappa shape index (κ2) is 7.91. The molecule has 126 valence electrons. The number of carbonyl (C=O) groups excluding carboxylic acids is 2. The number of ether oxygens (including phenoxy) is 1. The summed E-state index contributed by atoms with van der Waals surface area (Å²) in [6, 6.07) is 9.53. The van der Waals surface area contributed by atoms with Gasteiger partial charge in [0.05, 0.1) is 19.6 Å². The molecule has 1 heterocycles. The minimum Gasteiger partial charge on any atom is -0.469 e. The van der Waals surface area contributed by atoms with Crippen LogP contribution < -0.4 is 16.6 Å². The van der Waals surface area contributed by atoms with Crippen LogP contribution in [0.4, 0.5) is 0 Å². The van der Waals surface area contributed by atoms with Crippen LogP contribution in [0.3, 0.4) is 0 Å². The maximum Gasteiger partial charge on any atom is 0.328 e. The molecule has 0 fully saturated rings. The highest BCUT2D eigenvalue weighted by Gasteiger charge is 2.19. The largest absolute Gasteiger partial charge is 0.469 e. The van der Waals surface area contributed by atoms with Gasteiger partial charge in [0.25, 0.3) is 5.56 Å². The lowest BCUT2D eigenvalue weighted by Gasteiger charge is -2.18. The molecule has 0 saturated carbocycles. The van der Waals surface area contributed by atoms with E-state index >= 15 is 0 Å². The lowest BCUT2D eigenvalue weighted by Crippen LogP contribution is -2.37. The third-order valence-electron chi connectivity index (χ3n) is 3.35. The van der Waals surface area contributed by atoms with E-state index in [-0.39, 0.29) is 13.0 Å². The van der Waals surface area contributed by atoms with E-state index in [1.165, 1.54) is 13.3 Å². The number of methoxy groups -OCH3 is 1. The molecule has 0 bridgehead atoms. The van der Waals surface area contributed by atoms with Crippen molar-refractivity contribution in [1.82, 2.24) is 14.9 Å². The zero-order valence-electron chi connectivity index (χ0n) is 13.0. The van der Waals surface area contributed by atoms with Crippen LogP contribution >= 0.6 is 0 Å². The molecular weight excluding hydrogens is 314 g/mol. The lowest BCUT2D eigenvalue weighted by molar-refractivity contribution is -0.141. The molecule has 0 radical (unpaired) electrons. The first-order valence-corrected chi connectivity index (χ1v) is 7.20. The van der Waals surface area contributed by atoms with Gasteiger partial charge in [0.2, 0.25) is 5.91 Å². The molecule has 0 saturated heterocycles. The molecule has 0 aliphatic rings. The topological polar surface area (TPSA) is 110 Å². The summed E-state index contributed by atoms with van der Waals surface area (Å²) in [6.45, 7) is -0.278. The van der Waals surface area contributed by atoms with E-state index in [1.807, 2.05) is 6.07 Å². The molecule has 24 heavy (non-hydrogen) atoms. The van der Waals surface area contributed by atoms with Crippen LogP contribution in [-0.2, 0) is 20.9 Å². The summed E-state index contributed by atoms with van der Waals surface area (Å²) in [6.07, 6.45) is 1.20. The Bertz CT molecular complexity index is 825. The van der Waals surface area contributed by atoms with Crippen molar-refractivity contribution in [3.8, 4) is 0 Å². The van der Waals surface area contributed by atoms with Crippen LogP contribution in [-0.4, -0.2) is 28.5 Å². The first-order valence-electron chi connectivity index (χ1n) is 7.20. The Balaban J connectivity index is 2.13. The van der Waals surface area contributed by atoms with Gasteiger partial charge >= 0.3 is 11.7 Å². The fourth-order valence-electron chi connectivity index (χ4n) is 2.15. The number of rotatable bonds is 6. The number of H-pyrrole nitrogens is 1. The van der Waals surface area contributed by atoms with E-state index in [9.17, 15) is 19.2 Å². The van der Waals surface area contributed by atoms with E-state index < -0.39 is 29.2 Å². The van der Waals surface area contributed by atoms with Crippen molar-refractivity contribution in [2.45, 2.75) is 19.0 Å². The summed E-state index contributed by atoms with van der Waals surface area (Å²) < 4.78 is 5.72. The maximum atomic E-state index is 12.2. The highest BCUT2D eigenvalue weighted by Crippen LogP contribution is 2.17. The zero-order chi connectivity index (χ0) is 17.5. The van der Waals surface area contributed by atoms with Crippen LogP contribution in [0, 0.1) is 0 Å². The SMILES string of the molecule is COC(=O)C[C@H](NC(=O)Cn1ccc(=O)[nH]c1=O)c1ccccc1. The molecule has 0 aliphatic carbocycles. The maximum absolute atomic E-state index is 12.2. The third kappa shape index (κ3) is 4.67. The quantitative estimate of drug-likeness (QED) is 0.722. The number of amides is 1. The smallest absolute Gasteiger partial charge is 0.328 e.